The molecule has 166 valence electrons. The maximum atomic E-state index is 11.4. The highest BCUT2D eigenvalue weighted by Gasteiger charge is 2.14. The van der Waals surface area contributed by atoms with Crippen LogP contribution in [0, 0.1) is 0 Å². The highest BCUT2D eigenvalue weighted by molar-refractivity contribution is 7.25. The Hall–Kier alpha value is -2.90. The van der Waals surface area contributed by atoms with Gasteiger partial charge in [-0.05, 0) is 36.6 Å². The Bertz CT molecular complexity index is 1260. The van der Waals surface area contributed by atoms with E-state index in [0.29, 0.717) is 30.2 Å². The van der Waals surface area contributed by atoms with E-state index in [4.69, 9.17) is 31.0 Å². The second kappa shape index (κ2) is 10.1. The number of esters is 1. The van der Waals surface area contributed by atoms with Crippen LogP contribution in [0.15, 0.2) is 42.5 Å². The molecule has 0 unspecified atom stereocenters. The maximum absolute atomic E-state index is 11.4. The summed E-state index contributed by atoms with van der Waals surface area (Å²) in [6, 6.07) is 14.0. The summed E-state index contributed by atoms with van der Waals surface area (Å²) in [5, 5.41) is 6.23. The molecule has 2 aromatic carbocycles. The van der Waals surface area contributed by atoms with Crippen molar-refractivity contribution in [1.82, 2.24) is 9.97 Å². The molecule has 4 rings (SSSR count). The smallest absolute Gasteiger partial charge is 0.305 e. The van der Waals surface area contributed by atoms with Gasteiger partial charge in [0.25, 0.3) is 0 Å². The zero-order valence-corrected chi connectivity index (χ0v) is 19.6. The summed E-state index contributed by atoms with van der Waals surface area (Å²) >= 11 is 7.95. The van der Waals surface area contributed by atoms with Gasteiger partial charge in [-0.15, -0.1) is 11.3 Å². The van der Waals surface area contributed by atoms with E-state index >= 15 is 0 Å². The number of carbonyl (C=O) groups excluding carboxylic acids is 1. The largest absolute Gasteiger partial charge is 0.495 e. The van der Waals surface area contributed by atoms with Crippen molar-refractivity contribution < 1.29 is 14.3 Å². The van der Waals surface area contributed by atoms with Crippen molar-refractivity contribution in [3.63, 3.8) is 0 Å². The molecule has 0 aliphatic rings. The monoisotopic (exact) mass is 469 g/mol. The maximum Gasteiger partial charge on any atom is 0.305 e. The summed E-state index contributed by atoms with van der Waals surface area (Å²) < 4.78 is 11.1. The third-order valence-corrected chi connectivity index (χ3v) is 6.58. The molecule has 0 aliphatic carbocycles. The molecule has 0 fully saturated rings. The minimum absolute atomic E-state index is 0.189. The van der Waals surface area contributed by atoms with Crippen LogP contribution in [0.5, 0.6) is 5.75 Å². The number of rotatable bonds is 9. The summed E-state index contributed by atoms with van der Waals surface area (Å²) in [7, 11) is 3.01. The minimum Gasteiger partial charge on any atom is -0.495 e. The molecule has 0 saturated carbocycles. The Kier molecular flexibility index (Phi) is 7.07. The lowest BCUT2D eigenvalue weighted by Crippen LogP contribution is -2.06. The molecule has 2 aromatic heterocycles. The molecule has 2 heterocycles. The standard InChI is InChI=1S/C24H24ClN3O3S/c1-30-18-12-11-15(13-17(18)25)14-26-23-22-16-7-3-4-8-19(16)32-24(22)28-20(27-23)9-5-6-10-21(29)31-2/h3-4,7-8,11-13H,5-6,9-10,14H2,1-2H3,(H,26,27,28). The highest BCUT2D eigenvalue weighted by Crippen LogP contribution is 2.36. The first kappa shape index (κ1) is 22.3. The fourth-order valence-corrected chi connectivity index (χ4v) is 4.94. The SMILES string of the molecule is COC(=O)CCCCc1nc(NCc2ccc(OC)c(Cl)c2)c2c(n1)sc1ccccc12. The van der Waals surface area contributed by atoms with Crippen molar-refractivity contribution in [1.29, 1.82) is 0 Å². The van der Waals surface area contributed by atoms with Crippen LogP contribution in [0.4, 0.5) is 5.82 Å². The van der Waals surface area contributed by atoms with E-state index in [9.17, 15) is 4.79 Å². The topological polar surface area (TPSA) is 73.3 Å². The number of methoxy groups -OCH3 is 2. The van der Waals surface area contributed by atoms with Gasteiger partial charge < -0.3 is 14.8 Å². The average Bonchev–Trinajstić information content (AvgIpc) is 3.18. The summed E-state index contributed by atoms with van der Waals surface area (Å²) in [6.07, 6.45) is 2.67. The first-order valence-electron chi connectivity index (χ1n) is 10.4. The Morgan fingerprint density at radius 3 is 2.75 bits per heavy atom. The molecule has 0 bridgehead atoms. The normalized spacial score (nSPS) is 11.1. The lowest BCUT2D eigenvalue weighted by Gasteiger charge is -2.11. The van der Waals surface area contributed by atoms with Crippen molar-refractivity contribution in [2.75, 3.05) is 19.5 Å². The molecule has 8 heteroatoms. The quantitative estimate of drug-likeness (QED) is 0.239. The molecule has 0 atom stereocenters. The van der Waals surface area contributed by atoms with E-state index < -0.39 is 0 Å². The van der Waals surface area contributed by atoms with E-state index in [0.717, 1.165) is 45.7 Å². The molecule has 6 nitrogen and oxygen atoms in total. The van der Waals surface area contributed by atoms with Crippen LogP contribution in [0.2, 0.25) is 5.02 Å². The van der Waals surface area contributed by atoms with Gasteiger partial charge in [-0.1, -0.05) is 35.9 Å². The van der Waals surface area contributed by atoms with Gasteiger partial charge in [0.1, 0.15) is 22.2 Å². The number of fused-ring (bicyclic) bond motifs is 3. The first-order chi connectivity index (χ1) is 15.6. The Morgan fingerprint density at radius 1 is 1.12 bits per heavy atom. The van der Waals surface area contributed by atoms with E-state index in [1.54, 1.807) is 18.4 Å². The van der Waals surface area contributed by atoms with E-state index in [1.165, 1.54) is 11.8 Å². The van der Waals surface area contributed by atoms with E-state index in [-0.39, 0.29) is 5.97 Å². The number of aryl methyl sites for hydroxylation is 1. The molecule has 0 spiro atoms. The Labute approximate surface area is 195 Å². The molecule has 32 heavy (non-hydrogen) atoms. The number of anilines is 1. The van der Waals surface area contributed by atoms with Crippen molar-refractivity contribution in [2.45, 2.75) is 32.2 Å². The van der Waals surface area contributed by atoms with Crippen LogP contribution in [-0.4, -0.2) is 30.2 Å². The number of unbranched alkanes of at least 4 members (excludes halogenated alkanes) is 1. The molecule has 0 saturated heterocycles. The lowest BCUT2D eigenvalue weighted by molar-refractivity contribution is -0.140. The van der Waals surface area contributed by atoms with Gasteiger partial charge in [0.05, 0.1) is 24.6 Å². The first-order valence-corrected chi connectivity index (χ1v) is 11.6. The highest BCUT2D eigenvalue weighted by atomic mass is 35.5. The van der Waals surface area contributed by atoms with Crippen molar-refractivity contribution in [3.8, 4) is 5.75 Å². The number of hydrogen-bond acceptors (Lipinski definition) is 7. The number of nitrogens with one attached hydrogen (secondary N) is 1. The third kappa shape index (κ3) is 4.95. The van der Waals surface area contributed by atoms with Crippen molar-refractivity contribution >= 4 is 55.0 Å². The number of benzene rings is 2. The van der Waals surface area contributed by atoms with Crippen LogP contribution in [0.1, 0.15) is 30.7 Å². The number of aromatic nitrogens is 2. The van der Waals surface area contributed by atoms with Gasteiger partial charge >= 0.3 is 5.97 Å². The van der Waals surface area contributed by atoms with Crippen LogP contribution >= 0.6 is 22.9 Å². The van der Waals surface area contributed by atoms with Gasteiger partial charge in [0.2, 0.25) is 0 Å². The number of halogens is 1. The summed E-state index contributed by atoms with van der Waals surface area (Å²) in [6.45, 7) is 0.571. The predicted molar refractivity (Wildman–Crippen MR) is 130 cm³/mol. The van der Waals surface area contributed by atoms with Gasteiger partial charge in [-0.25, -0.2) is 9.97 Å². The minimum atomic E-state index is -0.189. The fourth-order valence-electron chi connectivity index (χ4n) is 3.57. The Balaban J connectivity index is 1.60. The zero-order chi connectivity index (χ0) is 22.5. The second-order valence-electron chi connectivity index (χ2n) is 7.37. The lowest BCUT2D eigenvalue weighted by atomic mass is 10.1. The third-order valence-electron chi connectivity index (χ3n) is 5.22. The van der Waals surface area contributed by atoms with Crippen LogP contribution in [0.25, 0.3) is 20.3 Å². The molecule has 0 aliphatic heterocycles. The summed E-state index contributed by atoms with van der Waals surface area (Å²) in [5.41, 5.74) is 1.03. The van der Waals surface area contributed by atoms with Gasteiger partial charge in [0.15, 0.2) is 0 Å². The fraction of sp³-hybridized carbons (Fsp3) is 0.292. The second-order valence-corrected chi connectivity index (χ2v) is 8.81. The van der Waals surface area contributed by atoms with E-state index in [1.807, 2.05) is 30.3 Å². The average molecular weight is 470 g/mol. The van der Waals surface area contributed by atoms with Crippen molar-refractivity contribution in [2.24, 2.45) is 0 Å². The number of nitrogens with zero attached hydrogens (tertiary/aromatic N) is 2. The molecule has 1 N–H and O–H groups in total. The number of ether oxygens (including phenoxy) is 2. The molecular formula is C24H24ClN3O3S. The summed E-state index contributed by atoms with van der Waals surface area (Å²) in [4.78, 5) is 22.0. The molecule has 0 amide bonds. The summed E-state index contributed by atoms with van der Waals surface area (Å²) in [5.74, 6) is 2.04. The van der Waals surface area contributed by atoms with Crippen molar-refractivity contribution in [3.05, 3.63) is 58.9 Å². The predicted octanol–water partition coefficient (Wildman–Crippen LogP) is 6.00. The van der Waals surface area contributed by atoms with Crippen LogP contribution in [-0.2, 0) is 22.5 Å². The van der Waals surface area contributed by atoms with Gasteiger partial charge in [-0.2, -0.15) is 0 Å². The Morgan fingerprint density at radius 2 is 1.97 bits per heavy atom. The van der Waals surface area contributed by atoms with Gasteiger partial charge in [-0.3, -0.25) is 4.79 Å². The number of carbonyl (C=O) groups is 1. The van der Waals surface area contributed by atoms with E-state index in [2.05, 4.69) is 17.4 Å². The zero-order valence-electron chi connectivity index (χ0n) is 18.0. The molecule has 4 aromatic rings. The van der Waals surface area contributed by atoms with Crippen LogP contribution in [0.3, 0.4) is 0 Å². The van der Waals surface area contributed by atoms with Crippen LogP contribution < -0.4 is 10.1 Å². The molecule has 0 radical (unpaired) electrons. The van der Waals surface area contributed by atoms with Gasteiger partial charge in [0, 0.05) is 29.5 Å². The number of thiophene rings is 1. The number of hydrogen-bond donors (Lipinski definition) is 1. The molecular weight excluding hydrogens is 446 g/mol.